The van der Waals surface area contributed by atoms with Crippen LogP contribution < -0.4 is 4.74 Å². The molecule has 0 aliphatic carbocycles. The molecule has 7 heteroatoms. The molecule has 122 valence electrons. The fraction of sp³-hybridized carbons (Fsp3) is 0.0588. The van der Waals surface area contributed by atoms with E-state index >= 15 is 0 Å². The van der Waals surface area contributed by atoms with Crippen LogP contribution in [-0.2, 0) is 0 Å². The summed E-state index contributed by atoms with van der Waals surface area (Å²) in [6.07, 6.45) is 0.648. The summed E-state index contributed by atoms with van der Waals surface area (Å²) in [4.78, 5) is 11.3. The van der Waals surface area contributed by atoms with Crippen LogP contribution in [0.15, 0.2) is 36.4 Å². The Bertz CT molecular complexity index is 904. The fourth-order valence-electron chi connectivity index (χ4n) is 2.43. The third-order valence-electron chi connectivity index (χ3n) is 3.61. The number of rotatable bonds is 4. The van der Waals surface area contributed by atoms with Crippen molar-refractivity contribution in [3.05, 3.63) is 47.1 Å². The van der Waals surface area contributed by atoms with E-state index in [1.807, 2.05) is 0 Å². The van der Waals surface area contributed by atoms with Gasteiger partial charge in [-0.3, -0.25) is 9.89 Å². The summed E-state index contributed by atoms with van der Waals surface area (Å²) in [5.41, 5.74) is 2.14. The first kappa shape index (κ1) is 15.9. The van der Waals surface area contributed by atoms with Crippen LogP contribution in [0.4, 0.5) is 0 Å². The van der Waals surface area contributed by atoms with E-state index < -0.39 is 0 Å². The molecule has 0 amide bonds. The summed E-state index contributed by atoms with van der Waals surface area (Å²) in [5.74, 6) is 0.234. The summed E-state index contributed by atoms with van der Waals surface area (Å²) in [6.45, 7) is 0. The molecule has 1 heterocycles. The maximum Gasteiger partial charge on any atom is 0.168 e. The van der Waals surface area contributed by atoms with Crippen LogP contribution in [0.2, 0.25) is 5.02 Å². The molecular formula is C17H13ClN2O4. The molecule has 0 saturated heterocycles. The number of carbonyl (C=O) groups is 1. The quantitative estimate of drug-likeness (QED) is 0.628. The molecule has 0 fully saturated rings. The van der Waals surface area contributed by atoms with Crippen LogP contribution in [0, 0.1) is 0 Å². The van der Waals surface area contributed by atoms with Crippen molar-refractivity contribution in [2.24, 2.45) is 0 Å². The van der Waals surface area contributed by atoms with Gasteiger partial charge in [0.15, 0.2) is 6.29 Å². The molecule has 0 spiro atoms. The van der Waals surface area contributed by atoms with Gasteiger partial charge in [-0.15, -0.1) is 0 Å². The molecule has 2 aromatic carbocycles. The molecule has 0 saturated carbocycles. The minimum Gasteiger partial charge on any atom is -0.507 e. The molecule has 0 radical (unpaired) electrons. The number of nitrogens with one attached hydrogen (secondary N) is 1. The van der Waals surface area contributed by atoms with Crippen molar-refractivity contribution < 1.29 is 19.7 Å². The molecule has 3 rings (SSSR count). The van der Waals surface area contributed by atoms with Gasteiger partial charge in [0.25, 0.3) is 0 Å². The predicted molar refractivity (Wildman–Crippen MR) is 89.7 cm³/mol. The van der Waals surface area contributed by atoms with Gasteiger partial charge in [0.05, 0.1) is 12.1 Å². The van der Waals surface area contributed by atoms with Gasteiger partial charge in [-0.2, -0.15) is 5.10 Å². The highest BCUT2D eigenvalue weighted by Gasteiger charge is 2.20. The highest BCUT2D eigenvalue weighted by molar-refractivity contribution is 6.32. The lowest BCUT2D eigenvalue weighted by Gasteiger charge is -2.08. The second-order valence-corrected chi connectivity index (χ2v) is 5.44. The van der Waals surface area contributed by atoms with E-state index in [1.165, 1.54) is 6.07 Å². The number of aromatic hydroxyl groups is 2. The number of halogens is 1. The molecule has 0 atom stereocenters. The minimum atomic E-state index is -0.241. The zero-order chi connectivity index (χ0) is 17.3. The van der Waals surface area contributed by atoms with Gasteiger partial charge in [0, 0.05) is 17.2 Å². The predicted octanol–water partition coefficient (Wildman–Crippen LogP) is 3.63. The van der Waals surface area contributed by atoms with E-state index in [-0.39, 0.29) is 22.2 Å². The van der Waals surface area contributed by atoms with E-state index in [9.17, 15) is 15.0 Å². The number of aldehydes is 1. The SMILES string of the molecule is COc1ccc(-c2c(-c3cc(Cl)c(O)cc3O)n[nH]c2C=O)cc1. The Morgan fingerprint density at radius 3 is 2.50 bits per heavy atom. The number of nitrogens with zero attached hydrogens (tertiary/aromatic N) is 1. The summed E-state index contributed by atoms with van der Waals surface area (Å²) >= 11 is 5.93. The first-order chi connectivity index (χ1) is 11.5. The average molecular weight is 345 g/mol. The van der Waals surface area contributed by atoms with E-state index in [0.29, 0.717) is 34.4 Å². The van der Waals surface area contributed by atoms with Crippen LogP contribution in [0.1, 0.15) is 10.5 Å². The number of phenolic OH excluding ortho intramolecular Hbond substituents is 2. The van der Waals surface area contributed by atoms with Crippen molar-refractivity contribution in [3.63, 3.8) is 0 Å². The van der Waals surface area contributed by atoms with Crippen molar-refractivity contribution in [2.75, 3.05) is 7.11 Å². The average Bonchev–Trinajstić information content (AvgIpc) is 3.02. The molecule has 24 heavy (non-hydrogen) atoms. The van der Waals surface area contributed by atoms with Gasteiger partial charge < -0.3 is 14.9 Å². The summed E-state index contributed by atoms with van der Waals surface area (Å²) < 4.78 is 5.13. The topological polar surface area (TPSA) is 95.4 Å². The lowest BCUT2D eigenvalue weighted by atomic mass is 9.98. The third-order valence-corrected chi connectivity index (χ3v) is 3.91. The van der Waals surface area contributed by atoms with E-state index in [0.717, 1.165) is 6.07 Å². The second-order valence-electron chi connectivity index (χ2n) is 5.03. The highest BCUT2D eigenvalue weighted by Crippen LogP contribution is 2.41. The molecule has 0 aliphatic rings. The normalized spacial score (nSPS) is 10.6. The van der Waals surface area contributed by atoms with Gasteiger partial charge in [-0.1, -0.05) is 23.7 Å². The number of aromatic nitrogens is 2. The Balaban J connectivity index is 2.22. The van der Waals surface area contributed by atoms with Gasteiger partial charge in [0.2, 0.25) is 0 Å². The Kier molecular flexibility index (Phi) is 4.14. The van der Waals surface area contributed by atoms with Crippen molar-refractivity contribution in [2.45, 2.75) is 0 Å². The smallest absolute Gasteiger partial charge is 0.168 e. The Hall–Kier alpha value is -2.99. The monoisotopic (exact) mass is 344 g/mol. The number of H-pyrrole nitrogens is 1. The summed E-state index contributed by atoms with van der Waals surface area (Å²) in [5, 5.41) is 26.5. The molecular weight excluding hydrogens is 332 g/mol. The largest absolute Gasteiger partial charge is 0.507 e. The number of methoxy groups -OCH3 is 1. The van der Waals surface area contributed by atoms with Crippen LogP contribution in [0.5, 0.6) is 17.2 Å². The van der Waals surface area contributed by atoms with Crippen LogP contribution in [0.25, 0.3) is 22.4 Å². The number of benzene rings is 2. The standard InChI is InChI=1S/C17H13ClN2O4/c1-24-10-4-2-9(3-5-10)16-13(8-21)19-20-17(16)11-6-12(18)15(23)7-14(11)22/h2-8,22-23H,1H3,(H,19,20). The minimum absolute atomic E-state index is 0.0686. The maximum atomic E-state index is 11.3. The van der Waals surface area contributed by atoms with Crippen molar-refractivity contribution in [1.82, 2.24) is 10.2 Å². The molecule has 1 aromatic heterocycles. The molecule has 3 aromatic rings. The van der Waals surface area contributed by atoms with Crippen molar-refractivity contribution in [3.8, 4) is 39.6 Å². The zero-order valence-electron chi connectivity index (χ0n) is 12.6. The van der Waals surface area contributed by atoms with Gasteiger partial charge in [-0.25, -0.2) is 0 Å². The lowest BCUT2D eigenvalue weighted by Crippen LogP contribution is -1.88. The van der Waals surface area contributed by atoms with Crippen molar-refractivity contribution >= 4 is 17.9 Å². The van der Waals surface area contributed by atoms with Gasteiger partial charge in [-0.05, 0) is 23.8 Å². The lowest BCUT2D eigenvalue weighted by molar-refractivity contribution is 0.111. The number of hydrogen-bond acceptors (Lipinski definition) is 5. The van der Waals surface area contributed by atoms with E-state index in [2.05, 4.69) is 10.2 Å². The van der Waals surface area contributed by atoms with Crippen LogP contribution >= 0.6 is 11.6 Å². The van der Waals surface area contributed by atoms with Crippen LogP contribution in [0.3, 0.4) is 0 Å². The maximum absolute atomic E-state index is 11.3. The summed E-state index contributed by atoms with van der Waals surface area (Å²) in [7, 11) is 1.56. The van der Waals surface area contributed by atoms with E-state index in [1.54, 1.807) is 31.4 Å². The first-order valence-corrected chi connectivity index (χ1v) is 7.32. The Morgan fingerprint density at radius 1 is 1.17 bits per heavy atom. The van der Waals surface area contributed by atoms with Crippen LogP contribution in [-0.4, -0.2) is 33.8 Å². The first-order valence-electron chi connectivity index (χ1n) is 6.95. The third kappa shape index (κ3) is 2.68. The number of ether oxygens (including phenoxy) is 1. The van der Waals surface area contributed by atoms with E-state index in [4.69, 9.17) is 16.3 Å². The highest BCUT2D eigenvalue weighted by atomic mass is 35.5. The number of phenols is 2. The number of hydrogen-bond donors (Lipinski definition) is 3. The second kappa shape index (κ2) is 6.25. The Labute approximate surface area is 142 Å². The molecule has 3 N–H and O–H groups in total. The fourth-order valence-corrected chi connectivity index (χ4v) is 2.59. The van der Waals surface area contributed by atoms with Crippen molar-refractivity contribution in [1.29, 1.82) is 0 Å². The molecule has 0 bridgehead atoms. The molecule has 0 unspecified atom stereocenters. The summed E-state index contributed by atoms with van der Waals surface area (Å²) in [6, 6.07) is 9.59. The molecule has 6 nitrogen and oxygen atoms in total. The molecule has 0 aliphatic heterocycles. The zero-order valence-corrected chi connectivity index (χ0v) is 13.3. The number of aromatic amines is 1. The van der Waals surface area contributed by atoms with Gasteiger partial charge >= 0.3 is 0 Å². The van der Waals surface area contributed by atoms with Gasteiger partial charge in [0.1, 0.15) is 28.6 Å². The Morgan fingerprint density at radius 2 is 1.88 bits per heavy atom. The number of carbonyl (C=O) groups excluding carboxylic acids is 1.